The summed E-state index contributed by atoms with van der Waals surface area (Å²) in [5, 5.41) is 6.58. The lowest BCUT2D eigenvalue weighted by Gasteiger charge is -2.17. The molecule has 32 heavy (non-hydrogen) atoms. The number of para-hydroxylation sites is 1. The Hall–Kier alpha value is -3.39. The molecule has 1 atom stereocenters. The second kappa shape index (κ2) is 9.82. The Labute approximate surface area is 190 Å². The first-order valence-corrected chi connectivity index (χ1v) is 11.1. The quantitative estimate of drug-likeness (QED) is 0.487. The molecule has 2 N–H and O–H groups in total. The van der Waals surface area contributed by atoms with Crippen molar-refractivity contribution in [1.29, 1.82) is 0 Å². The summed E-state index contributed by atoms with van der Waals surface area (Å²) in [6.07, 6.45) is -0.795. The monoisotopic (exact) mass is 454 g/mol. The molecule has 0 unspecified atom stereocenters. The zero-order chi connectivity index (χ0) is 23.4. The van der Waals surface area contributed by atoms with Crippen LogP contribution in [0.25, 0.3) is 10.1 Å². The highest BCUT2D eigenvalue weighted by Gasteiger charge is 2.25. The summed E-state index contributed by atoms with van der Waals surface area (Å²) in [6.45, 7) is 8.75. The van der Waals surface area contributed by atoms with Gasteiger partial charge < -0.3 is 20.1 Å². The molecule has 168 valence electrons. The molecule has 0 bridgehead atoms. The number of ether oxygens (including phenoxy) is 2. The summed E-state index contributed by atoms with van der Waals surface area (Å²) in [5.41, 5.74) is 2.75. The predicted octanol–water partition coefficient (Wildman–Crippen LogP) is 5.06. The molecule has 0 fully saturated rings. The maximum Gasteiger partial charge on any atom is 0.341 e. The topological polar surface area (TPSA) is 93.7 Å². The number of rotatable bonds is 7. The Bertz CT molecular complexity index is 1180. The maximum atomic E-state index is 12.8. The van der Waals surface area contributed by atoms with Crippen LogP contribution in [-0.2, 0) is 14.3 Å². The molecule has 8 heteroatoms. The number of anilines is 2. The van der Waals surface area contributed by atoms with Crippen molar-refractivity contribution in [3.8, 4) is 5.75 Å². The fraction of sp³-hybridized carbons (Fsp3) is 0.292. The van der Waals surface area contributed by atoms with E-state index in [1.807, 2.05) is 44.2 Å². The average molecular weight is 455 g/mol. The highest BCUT2D eigenvalue weighted by molar-refractivity contribution is 7.24. The molecule has 2 amide bonds. The molecule has 0 spiro atoms. The molecule has 0 aliphatic rings. The molecule has 2 aromatic carbocycles. The average Bonchev–Trinajstić information content (AvgIpc) is 3.09. The number of hydrogen-bond acceptors (Lipinski definition) is 6. The molecule has 1 heterocycles. The van der Waals surface area contributed by atoms with E-state index in [1.165, 1.54) is 18.3 Å². The van der Waals surface area contributed by atoms with Crippen molar-refractivity contribution in [1.82, 2.24) is 0 Å². The largest absolute Gasteiger partial charge is 0.479 e. The third-order valence-electron chi connectivity index (χ3n) is 4.85. The second-order valence-corrected chi connectivity index (χ2v) is 8.38. The Morgan fingerprint density at radius 3 is 2.41 bits per heavy atom. The molecule has 3 aromatic rings. The second-order valence-electron chi connectivity index (χ2n) is 7.36. The standard InChI is InChI=1S/C24H26N2O5S/c1-6-30-24(29)19-17-12-11-14(3)20(21(17)32-23(19)25-16(5)27)31-15(4)22(28)26-18-10-8-7-9-13(18)2/h7-12,15H,6H2,1-5H3,(H,25,27)(H,26,28)/t15-/m0/s1. The van der Waals surface area contributed by atoms with Crippen LogP contribution in [-0.4, -0.2) is 30.5 Å². The number of esters is 1. The number of benzene rings is 2. The Morgan fingerprint density at radius 2 is 1.75 bits per heavy atom. The van der Waals surface area contributed by atoms with Gasteiger partial charge in [0.15, 0.2) is 6.10 Å². The van der Waals surface area contributed by atoms with Gasteiger partial charge in [0.25, 0.3) is 5.91 Å². The van der Waals surface area contributed by atoms with E-state index in [1.54, 1.807) is 19.9 Å². The zero-order valence-corrected chi connectivity index (χ0v) is 19.5. The van der Waals surface area contributed by atoms with Crippen LogP contribution in [0.3, 0.4) is 0 Å². The van der Waals surface area contributed by atoms with Gasteiger partial charge in [0.05, 0.1) is 11.3 Å². The molecule has 0 saturated heterocycles. The Kier molecular flexibility index (Phi) is 7.15. The summed E-state index contributed by atoms with van der Waals surface area (Å²) in [6, 6.07) is 11.1. The summed E-state index contributed by atoms with van der Waals surface area (Å²) in [4.78, 5) is 37.1. The van der Waals surface area contributed by atoms with E-state index in [9.17, 15) is 14.4 Å². The lowest BCUT2D eigenvalue weighted by atomic mass is 10.1. The molecule has 1 aromatic heterocycles. The van der Waals surface area contributed by atoms with Crippen LogP contribution in [0.15, 0.2) is 36.4 Å². The number of carbonyl (C=O) groups is 3. The minimum absolute atomic E-state index is 0.209. The third kappa shape index (κ3) is 4.91. The van der Waals surface area contributed by atoms with Gasteiger partial charge >= 0.3 is 5.97 Å². The van der Waals surface area contributed by atoms with Crippen molar-refractivity contribution in [3.63, 3.8) is 0 Å². The van der Waals surface area contributed by atoms with E-state index in [0.29, 0.717) is 20.8 Å². The Balaban J connectivity index is 1.98. The predicted molar refractivity (Wildman–Crippen MR) is 127 cm³/mol. The van der Waals surface area contributed by atoms with Crippen LogP contribution < -0.4 is 15.4 Å². The molecule has 7 nitrogen and oxygen atoms in total. The van der Waals surface area contributed by atoms with E-state index in [2.05, 4.69) is 10.6 Å². The number of amides is 2. The number of aryl methyl sites for hydroxylation is 2. The first-order chi connectivity index (χ1) is 15.2. The van der Waals surface area contributed by atoms with Gasteiger partial charge in [0.1, 0.15) is 16.3 Å². The minimum Gasteiger partial charge on any atom is -0.479 e. The third-order valence-corrected chi connectivity index (χ3v) is 5.97. The van der Waals surface area contributed by atoms with Gasteiger partial charge in [-0.2, -0.15) is 0 Å². The molecule has 0 aliphatic carbocycles. The van der Waals surface area contributed by atoms with Gasteiger partial charge in [0, 0.05) is 18.0 Å². The van der Waals surface area contributed by atoms with E-state index >= 15 is 0 Å². The summed E-state index contributed by atoms with van der Waals surface area (Å²) in [7, 11) is 0. The molecule has 0 saturated carbocycles. The minimum atomic E-state index is -0.795. The molecule has 0 radical (unpaired) electrons. The summed E-state index contributed by atoms with van der Waals surface area (Å²) < 4.78 is 11.9. The highest BCUT2D eigenvalue weighted by Crippen LogP contribution is 2.43. The first-order valence-electron chi connectivity index (χ1n) is 10.3. The zero-order valence-electron chi connectivity index (χ0n) is 18.7. The lowest BCUT2D eigenvalue weighted by molar-refractivity contribution is -0.122. The number of hydrogen-bond donors (Lipinski definition) is 2. The van der Waals surface area contributed by atoms with Crippen molar-refractivity contribution < 1.29 is 23.9 Å². The van der Waals surface area contributed by atoms with Crippen LogP contribution in [0.2, 0.25) is 0 Å². The smallest absolute Gasteiger partial charge is 0.341 e. The highest BCUT2D eigenvalue weighted by atomic mass is 32.1. The van der Waals surface area contributed by atoms with E-state index in [0.717, 1.165) is 16.8 Å². The maximum absolute atomic E-state index is 12.8. The van der Waals surface area contributed by atoms with Gasteiger partial charge in [-0.15, -0.1) is 11.3 Å². The van der Waals surface area contributed by atoms with Gasteiger partial charge in [-0.05, 0) is 44.9 Å². The van der Waals surface area contributed by atoms with E-state index in [-0.39, 0.29) is 24.0 Å². The van der Waals surface area contributed by atoms with Gasteiger partial charge in [-0.25, -0.2) is 4.79 Å². The number of fused-ring (bicyclic) bond motifs is 1. The number of nitrogens with one attached hydrogen (secondary N) is 2. The van der Waals surface area contributed by atoms with Crippen LogP contribution in [0.5, 0.6) is 5.75 Å². The normalized spacial score (nSPS) is 11.7. The van der Waals surface area contributed by atoms with E-state index < -0.39 is 12.1 Å². The van der Waals surface area contributed by atoms with Gasteiger partial charge in [0.2, 0.25) is 5.91 Å². The molecular formula is C24H26N2O5S. The van der Waals surface area contributed by atoms with E-state index in [4.69, 9.17) is 9.47 Å². The number of carbonyl (C=O) groups excluding carboxylic acids is 3. The van der Waals surface area contributed by atoms with Crippen molar-refractivity contribution in [3.05, 3.63) is 53.1 Å². The molecule has 3 rings (SSSR count). The fourth-order valence-electron chi connectivity index (χ4n) is 3.21. The molecular weight excluding hydrogens is 428 g/mol. The van der Waals surface area contributed by atoms with Crippen LogP contribution in [0.1, 0.15) is 42.3 Å². The summed E-state index contributed by atoms with van der Waals surface area (Å²) >= 11 is 1.22. The van der Waals surface area contributed by atoms with Gasteiger partial charge in [-0.3, -0.25) is 9.59 Å². The Morgan fingerprint density at radius 1 is 1.03 bits per heavy atom. The van der Waals surface area contributed by atoms with Crippen molar-refractivity contribution in [2.24, 2.45) is 0 Å². The lowest BCUT2D eigenvalue weighted by Crippen LogP contribution is -2.30. The van der Waals surface area contributed by atoms with Crippen molar-refractivity contribution in [2.75, 3.05) is 17.2 Å². The van der Waals surface area contributed by atoms with Crippen LogP contribution >= 0.6 is 11.3 Å². The first kappa shape index (κ1) is 23.3. The van der Waals surface area contributed by atoms with Crippen LogP contribution in [0, 0.1) is 13.8 Å². The SMILES string of the molecule is CCOC(=O)c1c(NC(C)=O)sc2c(O[C@@H](C)C(=O)Nc3ccccc3C)c(C)ccc12. The summed E-state index contributed by atoms with van der Waals surface area (Å²) in [5.74, 6) is -0.628. The van der Waals surface area contributed by atoms with Crippen molar-refractivity contribution in [2.45, 2.75) is 40.7 Å². The molecule has 0 aliphatic heterocycles. The number of thiophene rings is 1. The van der Waals surface area contributed by atoms with Gasteiger partial charge in [-0.1, -0.05) is 30.3 Å². The fourth-order valence-corrected chi connectivity index (χ4v) is 4.49. The van der Waals surface area contributed by atoms with Crippen molar-refractivity contribution >= 4 is 49.9 Å². The van der Waals surface area contributed by atoms with Crippen LogP contribution in [0.4, 0.5) is 10.7 Å².